The summed E-state index contributed by atoms with van der Waals surface area (Å²) in [5.74, 6) is -1.95. The zero-order valence-corrected chi connectivity index (χ0v) is 15.3. The predicted molar refractivity (Wildman–Crippen MR) is 91.4 cm³/mol. The molecular formula is C19H20N2O6. The van der Waals surface area contributed by atoms with Gasteiger partial charge in [0, 0.05) is 6.04 Å². The summed E-state index contributed by atoms with van der Waals surface area (Å²) in [7, 11) is 0. The summed E-state index contributed by atoms with van der Waals surface area (Å²) in [6, 6.07) is 5.34. The predicted octanol–water partition coefficient (Wildman–Crippen LogP) is 2.14. The van der Waals surface area contributed by atoms with Gasteiger partial charge in [-0.15, -0.1) is 0 Å². The fourth-order valence-electron chi connectivity index (χ4n) is 3.64. The minimum Gasteiger partial charge on any atom is -0.444 e. The maximum absolute atomic E-state index is 12.7. The number of amides is 3. The van der Waals surface area contributed by atoms with Gasteiger partial charge in [-0.3, -0.25) is 14.5 Å². The average molecular weight is 372 g/mol. The summed E-state index contributed by atoms with van der Waals surface area (Å²) in [4.78, 5) is 56.4. The third kappa shape index (κ3) is 2.94. The van der Waals surface area contributed by atoms with Crippen LogP contribution in [0.1, 0.15) is 54.3 Å². The molecule has 1 saturated carbocycles. The Morgan fingerprint density at radius 3 is 2.19 bits per heavy atom. The van der Waals surface area contributed by atoms with Gasteiger partial charge in [-0.25, -0.2) is 9.59 Å². The van der Waals surface area contributed by atoms with Gasteiger partial charge in [0.1, 0.15) is 11.6 Å². The van der Waals surface area contributed by atoms with Crippen molar-refractivity contribution < 1.29 is 28.8 Å². The first-order valence-corrected chi connectivity index (χ1v) is 8.88. The lowest BCUT2D eigenvalue weighted by molar-refractivity contribution is -0.174. The molecule has 142 valence electrons. The van der Waals surface area contributed by atoms with Crippen molar-refractivity contribution in [1.29, 1.82) is 0 Å². The van der Waals surface area contributed by atoms with E-state index in [0.29, 0.717) is 11.5 Å². The lowest BCUT2D eigenvalue weighted by Gasteiger charge is -2.29. The zero-order chi connectivity index (χ0) is 19.5. The average Bonchev–Trinajstić information content (AvgIpc) is 3.19. The SMILES string of the molecule is CC(C)(C)OC(=O)N1[C@@H]2C[C@@H]2C[C@H]1C(=O)ON1C(=O)c2ccccc2C1=O. The zero-order valence-electron chi connectivity index (χ0n) is 15.3. The smallest absolute Gasteiger partial charge is 0.411 e. The number of hydrogen-bond donors (Lipinski definition) is 0. The minimum absolute atomic E-state index is 0.0559. The van der Waals surface area contributed by atoms with Gasteiger partial charge < -0.3 is 9.57 Å². The number of rotatable bonds is 2. The molecule has 0 spiro atoms. The Morgan fingerprint density at radius 1 is 1.04 bits per heavy atom. The number of benzene rings is 1. The monoisotopic (exact) mass is 372 g/mol. The molecule has 2 heterocycles. The Hall–Kier alpha value is -2.90. The highest BCUT2D eigenvalue weighted by Gasteiger charge is 2.58. The van der Waals surface area contributed by atoms with Crippen molar-refractivity contribution in [3.05, 3.63) is 35.4 Å². The standard InChI is InChI=1S/C19H20N2O6/c1-19(2,3)26-18(25)20-13-8-10(13)9-14(20)17(24)27-21-15(22)11-6-4-5-7-12(11)16(21)23/h4-7,10,13-14H,8-9H2,1-3H3/t10-,13-,14+/m1/s1. The van der Waals surface area contributed by atoms with Gasteiger partial charge in [0.05, 0.1) is 11.1 Å². The molecule has 0 N–H and O–H groups in total. The van der Waals surface area contributed by atoms with Crippen molar-refractivity contribution in [2.24, 2.45) is 5.92 Å². The number of carbonyl (C=O) groups is 4. The maximum Gasteiger partial charge on any atom is 0.411 e. The molecule has 1 aliphatic carbocycles. The summed E-state index contributed by atoms with van der Waals surface area (Å²) in [6.45, 7) is 5.24. The number of likely N-dealkylation sites (tertiary alicyclic amines) is 1. The number of hydrogen-bond acceptors (Lipinski definition) is 6. The van der Waals surface area contributed by atoms with E-state index in [1.54, 1.807) is 32.9 Å². The number of carbonyl (C=O) groups excluding carboxylic acids is 4. The largest absolute Gasteiger partial charge is 0.444 e. The van der Waals surface area contributed by atoms with Crippen LogP contribution in [0.4, 0.5) is 4.79 Å². The maximum atomic E-state index is 12.7. The van der Waals surface area contributed by atoms with Crippen LogP contribution >= 0.6 is 0 Å². The number of fused-ring (bicyclic) bond motifs is 2. The molecule has 0 unspecified atom stereocenters. The number of piperidine rings is 1. The summed E-state index contributed by atoms with van der Waals surface area (Å²) < 4.78 is 5.39. The summed E-state index contributed by atoms with van der Waals surface area (Å²) in [5, 5.41) is 0.476. The van der Waals surface area contributed by atoms with Crippen molar-refractivity contribution in [2.75, 3.05) is 0 Å². The fourth-order valence-corrected chi connectivity index (χ4v) is 3.64. The number of hydroxylamine groups is 2. The van der Waals surface area contributed by atoms with E-state index in [9.17, 15) is 19.2 Å². The summed E-state index contributed by atoms with van der Waals surface area (Å²) in [6.07, 6.45) is 0.666. The minimum atomic E-state index is -0.868. The van der Waals surface area contributed by atoms with Crippen molar-refractivity contribution in [3.8, 4) is 0 Å². The van der Waals surface area contributed by atoms with Crippen LogP contribution < -0.4 is 0 Å². The topological polar surface area (TPSA) is 93.2 Å². The molecule has 1 saturated heterocycles. The van der Waals surface area contributed by atoms with E-state index in [1.807, 2.05) is 0 Å². The molecule has 3 amide bonds. The van der Waals surface area contributed by atoms with Crippen LogP contribution in [0.5, 0.6) is 0 Å². The molecule has 2 aliphatic heterocycles. The van der Waals surface area contributed by atoms with E-state index >= 15 is 0 Å². The van der Waals surface area contributed by atoms with Gasteiger partial charge in [0.25, 0.3) is 11.8 Å². The molecule has 3 aliphatic rings. The first kappa shape index (κ1) is 17.5. The lowest BCUT2D eigenvalue weighted by atomic mass is 10.1. The Labute approximate surface area is 156 Å². The number of nitrogens with zero attached hydrogens (tertiary/aromatic N) is 2. The van der Waals surface area contributed by atoms with E-state index in [2.05, 4.69) is 0 Å². The van der Waals surface area contributed by atoms with E-state index in [4.69, 9.17) is 9.57 Å². The van der Waals surface area contributed by atoms with Crippen LogP contribution in [0.15, 0.2) is 24.3 Å². The summed E-state index contributed by atoms with van der Waals surface area (Å²) in [5.41, 5.74) is -0.316. The van der Waals surface area contributed by atoms with Gasteiger partial charge >= 0.3 is 12.1 Å². The van der Waals surface area contributed by atoms with Crippen molar-refractivity contribution >= 4 is 23.9 Å². The van der Waals surface area contributed by atoms with Crippen LogP contribution in [0.25, 0.3) is 0 Å². The van der Waals surface area contributed by atoms with Crippen LogP contribution in [0, 0.1) is 5.92 Å². The molecule has 1 aromatic rings. The van der Waals surface area contributed by atoms with Crippen LogP contribution in [-0.2, 0) is 14.4 Å². The molecule has 0 radical (unpaired) electrons. The molecule has 0 aromatic heterocycles. The summed E-state index contributed by atoms with van der Waals surface area (Å²) >= 11 is 0. The van der Waals surface area contributed by atoms with E-state index in [1.165, 1.54) is 17.0 Å². The van der Waals surface area contributed by atoms with Crippen LogP contribution in [0.2, 0.25) is 0 Å². The fraction of sp³-hybridized carbons (Fsp3) is 0.474. The first-order chi connectivity index (χ1) is 12.7. The van der Waals surface area contributed by atoms with Crippen molar-refractivity contribution in [1.82, 2.24) is 9.96 Å². The highest BCUT2D eigenvalue weighted by Crippen LogP contribution is 2.48. The number of ether oxygens (including phenoxy) is 1. The van der Waals surface area contributed by atoms with E-state index < -0.39 is 35.5 Å². The molecule has 0 bridgehead atoms. The van der Waals surface area contributed by atoms with Crippen molar-refractivity contribution in [2.45, 2.75) is 51.3 Å². The van der Waals surface area contributed by atoms with Gasteiger partial charge in [0.2, 0.25) is 0 Å². The molecule has 3 atom stereocenters. The molecule has 1 aromatic carbocycles. The van der Waals surface area contributed by atoms with Gasteiger partial charge in [-0.05, 0) is 51.7 Å². The normalized spacial score (nSPS) is 26.0. The first-order valence-electron chi connectivity index (χ1n) is 8.88. The van der Waals surface area contributed by atoms with E-state index in [-0.39, 0.29) is 23.1 Å². The third-order valence-corrected chi connectivity index (χ3v) is 4.92. The van der Waals surface area contributed by atoms with E-state index in [0.717, 1.165) is 6.42 Å². The van der Waals surface area contributed by atoms with Gasteiger partial charge in [-0.1, -0.05) is 17.2 Å². The third-order valence-electron chi connectivity index (χ3n) is 4.92. The molecule has 8 heteroatoms. The molecule has 4 rings (SSSR count). The van der Waals surface area contributed by atoms with Gasteiger partial charge in [0.15, 0.2) is 0 Å². The van der Waals surface area contributed by atoms with Crippen LogP contribution in [0.3, 0.4) is 0 Å². The Kier molecular flexibility index (Phi) is 3.76. The lowest BCUT2D eigenvalue weighted by Crippen LogP contribution is -2.48. The second-order valence-electron chi connectivity index (χ2n) is 8.06. The highest BCUT2D eigenvalue weighted by molar-refractivity contribution is 6.20. The molecule has 27 heavy (non-hydrogen) atoms. The second-order valence-corrected chi connectivity index (χ2v) is 8.06. The highest BCUT2D eigenvalue weighted by atomic mass is 16.7. The Bertz CT molecular complexity index is 823. The van der Waals surface area contributed by atoms with Crippen molar-refractivity contribution in [3.63, 3.8) is 0 Å². The second kappa shape index (κ2) is 5.80. The Balaban J connectivity index is 1.49. The molecular weight excluding hydrogens is 352 g/mol. The Morgan fingerprint density at radius 2 is 1.63 bits per heavy atom. The quantitative estimate of drug-likeness (QED) is 0.739. The van der Waals surface area contributed by atoms with Gasteiger partial charge in [-0.2, -0.15) is 0 Å². The molecule has 8 nitrogen and oxygen atoms in total. The number of imide groups is 1. The molecule has 2 fully saturated rings. The van der Waals surface area contributed by atoms with Crippen LogP contribution in [-0.4, -0.2) is 51.5 Å².